The third-order valence-electron chi connectivity index (χ3n) is 4.62. The molecule has 27 heavy (non-hydrogen) atoms. The topological polar surface area (TPSA) is 124 Å². The van der Waals surface area contributed by atoms with E-state index >= 15 is 0 Å². The van der Waals surface area contributed by atoms with E-state index in [-0.39, 0.29) is 17.9 Å². The van der Waals surface area contributed by atoms with Crippen LogP contribution in [0.4, 0.5) is 5.69 Å². The van der Waals surface area contributed by atoms with Crippen molar-refractivity contribution in [1.82, 2.24) is 4.90 Å². The average Bonchev–Trinajstić information content (AvgIpc) is 2.61. The Labute approximate surface area is 156 Å². The lowest BCUT2D eigenvalue weighted by Gasteiger charge is -2.31. The number of nitrogens with zero attached hydrogens (tertiary/aromatic N) is 1. The van der Waals surface area contributed by atoms with Crippen LogP contribution in [0.15, 0.2) is 30.3 Å². The van der Waals surface area contributed by atoms with Crippen LogP contribution in [0.5, 0.6) is 5.75 Å². The summed E-state index contributed by atoms with van der Waals surface area (Å²) in [4.78, 5) is 25.4. The molecule has 0 aromatic heterocycles. The summed E-state index contributed by atoms with van der Waals surface area (Å²) in [5.41, 5.74) is 0.359. The predicted octanol–water partition coefficient (Wildman–Crippen LogP) is 1.85. The molecular weight excluding hydrogens is 372 g/mol. The third-order valence-corrected chi connectivity index (χ3v) is 5.21. The van der Waals surface area contributed by atoms with Crippen molar-refractivity contribution in [2.45, 2.75) is 12.8 Å². The summed E-state index contributed by atoms with van der Waals surface area (Å²) in [6, 6.07) is 7.72. The van der Waals surface area contributed by atoms with Gasteiger partial charge in [0, 0.05) is 23.9 Å². The second kappa shape index (κ2) is 7.07. The molecule has 9 heteroatoms. The summed E-state index contributed by atoms with van der Waals surface area (Å²) in [6.45, 7) is 0.525. The van der Waals surface area contributed by atoms with Crippen molar-refractivity contribution in [3.05, 3.63) is 35.9 Å². The molecule has 1 aliphatic rings. The number of aliphatic carboxylic acids is 1. The van der Waals surface area contributed by atoms with Gasteiger partial charge < -0.3 is 15.1 Å². The number of nitrogens with one attached hydrogen (secondary N) is 1. The second-order valence-corrected chi connectivity index (χ2v) is 8.41. The molecule has 144 valence electrons. The van der Waals surface area contributed by atoms with Gasteiger partial charge >= 0.3 is 5.97 Å². The maximum atomic E-state index is 12.8. The lowest BCUT2D eigenvalue weighted by molar-refractivity contribution is -0.143. The zero-order valence-electron chi connectivity index (χ0n) is 14.7. The molecule has 0 saturated carbocycles. The van der Waals surface area contributed by atoms with Gasteiger partial charge in [-0.25, -0.2) is 8.42 Å². The Kier molecular flexibility index (Phi) is 4.97. The normalized spacial score (nSPS) is 17.7. The van der Waals surface area contributed by atoms with Gasteiger partial charge in [-0.3, -0.25) is 14.3 Å². The van der Waals surface area contributed by atoms with Crippen molar-refractivity contribution in [2.75, 3.05) is 24.1 Å². The summed E-state index contributed by atoms with van der Waals surface area (Å²) in [5.74, 6) is -2.25. The van der Waals surface area contributed by atoms with Crippen molar-refractivity contribution in [2.24, 2.45) is 5.92 Å². The minimum Gasteiger partial charge on any atom is -0.506 e. The highest BCUT2D eigenvalue weighted by Crippen LogP contribution is 2.34. The van der Waals surface area contributed by atoms with E-state index in [1.54, 1.807) is 24.3 Å². The lowest BCUT2D eigenvalue weighted by atomic mass is 9.97. The van der Waals surface area contributed by atoms with E-state index in [1.165, 1.54) is 11.0 Å². The molecule has 0 bridgehead atoms. The number of hydrogen-bond acceptors (Lipinski definition) is 5. The van der Waals surface area contributed by atoms with Gasteiger partial charge in [-0.1, -0.05) is 18.2 Å². The van der Waals surface area contributed by atoms with Gasteiger partial charge in [0.05, 0.1) is 23.4 Å². The minimum atomic E-state index is -3.50. The maximum Gasteiger partial charge on any atom is 0.308 e. The molecule has 2 aromatic rings. The highest BCUT2D eigenvalue weighted by molar-refractivity contribution is 7.92. The number of piperidine rings is 1. The summed E-state index contributed by atoms with van der Waals surface area (Å²) >= 11 is 0. The standard InChI is InChI=1S/C18H20N2O6S/c1-27(25,26)19-15-6-2-5-13-12(15)7-8-14(16(13)21)17(22)20-9-3-4-11(10-20)18(23)24/h2,5-8,11,19,21H,3-4,9-10H2,1H3,(H,23,24). The molecule has 1 fully saturated rings. The molecule has 1 amide bonds. The SMILES string of the molecule is CS(=O)(=O)Nc1cccc2c(O)c(C(=O)N3CCCC(C(=O)O)C3)ccc12. The average molecular weight is 392 g/mol. The number of carbonyl (C=O) groups is 2. The molecule has 1 aliphatic heterocycles. The van der Waals surface area contributed by atoms with Gasteiger partial charge in [-0.2, -0.15) is 0 Å². The number of carboxylic acid groups (broad SMARTS) is 1. The van der Waals surface area contributed by atoms with Crippen LogP contribution in [0.2, 0.25) is 0 Å². The Morgan fingerprint density at radius 2 is 1.93 bits per heavy atom. The molecule has 3 rings (SSSR count). The number of hydrogen-bond donors (Lipinski definition) is 3. The Bertz CT molecular complexity index is 1020. The zero-order chi connectivity index (χ0) is 19.8. The van der Waals surface area contributed by atoms with Gasteiger partial charge in [0.1, 0.15) is 5.75 Å². The smallest absolute Gasteiger partial charge is 0.308 e. The van der Waals surface area contributed by atoms with Crippen molar-refractivity contribution in [3.63, 3.8) is 0 Å². The van der Waals surface area contributed by atoms with Crippen LogP contribution in [0.25, 0.3) is 10.8 Å². The highest BCUT2D eigenvalue weighted by atomic mass is 32.2. The Hall–Kier alpha value is -2.81. The molecular formula is C18H20N2O6S. The molecule has 0 aliphatic carbocycles. The molecule has 1 saturated heterocycles. The number of carboxylic acids is 1. The number of sulfonamides is 1. The number of phenols is 1. The number of amides is 1. The number of fused-ring (bicyclic) bond motifs is 1. The predicted molar refractivity (Wildman–Crippen MR) is 100 cm³/mol. The molecule has 2 aromatic carbocycles. The van der Waals surface area contributed by atoms with Gasteiger partial charge in [-0.15, -0.1) is 0 Å². The van der Waals surface area contributed by atoms with Crippen LogP contribution in [0, 0.1) is 5.92 Å². The number of phenolic OH excluding ortho intramolecular Hbond substituents is 1. The Morgan fingerprint density at radius 3 is 2.59 bits per heavy atom. The van der Waals surface area contributed by atoms with Crippen molar-refractivity contribution < 1.29 is 28.2 Å². The quantitative estimate of drug-likeness (QED) is 0.729. The third kappa shape index (κ3) is 3.97. The fourth-order valence-corrected chi connectivity index (χ4v) is 3.91. The molecule has 0 spiro atoms. The fraction of sp³-hybridized carbons (Fsp3) is 0.333. The summed E-state index contributed by atoms with van der Waals surface area (Å²) in [6.07, 6.45) is 2.13. The fourth-order valence-electron chi connectivity index (χ4n) is 3.34. The van der Waals surface area contributed by atoms with Gasteiger partial charge in [0.15, 0.2) is 0 Å². The molecule has 0 radical (unpaired) electrons. The summed E-state index contributed by atoms with van der Waals surface area (Å²) < 4.78 is 25.4. The van der Waals surface area contributed by atoms with Crippen LogP contribution < -0.4 is 4.72 Å². The molecule has 1 heterocycles. The first-order chi connectivity index (χ1) is 12.7. The zero-order valence-corrected chi connectivity index (χ0v) is 15.5. The van der Waals surface area contributed by atoms with E-state index in [2.05, 4.69) is 4.72 Å². The van der Waals surface area contributed by atoms with Gasteiger partial charge in [0.25, 0.3) is 5.91 Å². The van der Waals surface area contributed by atoms with E-state index in [9.17, 15) is 28.2 Å². The van der Waals surface area contributed by atoms with Crippen LogP contribution in [0.3, 0.4) is 0 Å². The number of aromatic hydroxyl groups is 1. The van der Waals surface area contributed by atoms with E-state index in [4.69, 9.17) is 0 Å². The maximum absolute atomic E-state index is 12.8. The first-order valence-electron chi connectivity index (χ1n) is 8.42. The van der Waals surface area contributed by atoms with Crippen molar-refractivity contribution >= 4 is 38.4 Å². The van der Waals surface area contributed by atoms with Crippen molar-refractivity contribution in [1.29, 1.82) is 0 Å². The molecule has 8 nitrogen and oxygen atoms in total. The van der Waals surface area contributed by atoms with Crippen LogP contribution >= 0.6 is 0 Å². The monoisotopic (exact) mass is 392 g/mol. The largest absolute Gasteiger partial charge is 0.506 e. The van der Waals surface area contributed by atoms with E-state index in [0.29, 0.717) is 35.8 Å². The number of benzene rings is 2. The molecule has 1 unspecified atom stereocenters. The first-order valence-corrected chi connectivity index (χ1v) is 10.3. The Morgan fingerprint density at radius 1 is 1.19 bits per heavy atom. The number of carbonyl (C=O) groups excluding carboxylic acids is 1. The highest BCUT2D eigenvalue weighted by Gasteiger charge is 2.30. The van der Waals surface area contributed by atoms with Crippen LogP contribution in [-0.4, -0.2) is 54.8 Å². The number of anilines is 1. The van der Waals surface area contributed by atoms with Gasteiger partial charge in [-0.05, 0) is 25.0 Å². The second-order valence-electron chi connectivity index (χ2n) is 6.67. The summed E-state index contributed by atoms with van der Waals surface area (Å²) in [7, 11) is -3.50. The van der Waals surface area contributed by atoms with Crippen LogP contribution in [0.1, 0.15) is 23.2 Å². The van der Waals surface area contributed by atoms with Crippen molar-refractivity contribution in [3.8, 4) is 5.75 Å². The summed E-state index contributed by atoms with van der Waals surface area (Å²) in [5, 5.41) is 20.6. The molecule has 1 atom stereocenters. The number of likely N-dealkylation sites (tertiary alicyclic amines) is 1. The lowest BCUT2D eigenvalue weighted by Crippen LogP contribution is -2.42. The minimum absolute atomic E-state index is 0.0602. The van der Waals surface area contributed by atoms with E-state index in [0.717, 1.165) is 6.26 Å². The van der Waals surface area contributed by atoms with Gasteiger partial charge in [0.2, 0.25) is 10.0 Å². The first kappa shape index (κ1) is 19.0. The molecule has 3 N–H and O–H groups in total. The van der Waals surface area contributed by atoms with Crippen LogP contribution in [-0.2, 0) is 14.8 Å². The number of rotatable bonds is 4. The van der Waals surface area contributed by atoms with E-state index < -0.39 is 27.8 Å². The Balaban J connectivity index is 1.97. The van der Waals surface area contributed by atoms with E-state index in [1.807, 2.05) is 0 Å².